The van der Waals surface area contributed by atoms with Crippen LogP contribution in [0.3, 0.4) is 0 Å². The van der Waals surface area contributed by atoms with E-state index in [0.29, 0.717) is 23.8 Å². The van der Waals surface area contributed by atoms with E-state index in [1.165, 1.54) is 10.9 Å². The van der Waals surface area contributed by atoms with Crippen molar-refractivity contribution in [2.24, 2.45) is 0 Å². The number of benzene rings is 1. The normalized spacial score (nSPS) is 14.9. The number of carbonyl (C=O) groups is 1. The van der Waals surface area contributed by atoms with E-state index >= 15 is 0 Å². The van der Waals surface area contributed by atoms with Gasteiger partial charge in [-0.1, -0.05) is 0 Å². The van der Waals surface area contributed by atoms with Crippen LogP contribution in [-0.4, -0.2) is 45.9 Å². The third-order valence-corrected chi connectivity index (χ3v) is 6.39. The molecule has 3 aromatic heterocycles. The first kappa shape index (κ1) is 21.2. The van der Waals surface area contributed by atoms with Crippen molar-refractivity contribution in [3.8, 4) is 0 Å². The van der Waals surface area contributed by atoms with Crippen LogP contribution in [0.4, 0.5) is 11.5 Å². The zero-order chi connectivity index (χ0) is 22.6. The van der Waals surface area contributed by atoms with Crippen molar-refractivity contribution in [2.45, 2.75) is 25.3 Å². The van der Waals surface area contributed by atoms with E-state index in [0.717, 1.165) is 42.7 Å². The summed E-state index contributed by atoms with van der Waals surface area (Å²) in [6.45, 7) is 2.79. The van der Waals surface area contributed by atoms with E-state index in [1.807, 2.05) is 24.3 Å². The number of hydrogen-bond acceptors (Lipinski definition) is 5. The van der Waals surface area contributed by atoms with Crippen LogP contribution in [0, 0.1) is 0 Å². The van der Waals surface area contributed by atoms with Gasteiger partial charge in [-0.05, 0) is 92.5 Å². The summed E-state index contributed by atoms with van der Waals surface area (Å²) < 4.78 is 0. The van der Waals surface area contributed by atoms with E-state index in [2.05, 4.69) is 49.8 Å². The molecule has 1 saturated heterocycles. The standard InChI is InChI=1S/C26H28N6O/c1-32-13-8-19(9-14-32)23-17-29-24-5-4-20(15-22(23)24)31-26(33)21-3-2-10-28-25(21)30-16-18-6-11-27-12-7-18/h2-7,10-12,15,17,19,29H,8-9,13-14,16H2,1H3,(H,28,30)(H,31,33). The molecule has 0 unspecified atom stereocenters. The summed E-state index contributed by atoms with van der Waals surface area (Å²) in [7, 11) is 2.18. The summed E-state index contributed by atoms with van der Waals surface area (Å²) in [5, 5.41) is 7.52. The van der Waals surface area contributed by atoms with Crippen molar-refractivity contribution in [1.29, 1.82) is 0 Å². The zero-order valence-electron chi connectivity index (χ0n) is 18.7. The van der Waals surface area contributed by atoms with Gasteiger partial charge in [0.15, 0.2) is 0 Å². The first-order valence-electron chi connectivity index (χ1n) is 11.4. The summed E-state index contributed by atoms with van der Waals surface area (Å²) in [5.41, 5.74) is 4.81. The van der Waals surface area contributed by atoms with Crippen LogP contribution >= 0.6 is 0 Å². The maximum absolute atomic E-state index is 13.1. The summed E-state index contributed by atoms with van der Waals surface area (Å²) in [6.07, 6.45) is 9.63. The summed E-state index contributed by atoms with van der Waals surface area (Å²) in [5.74, 6) is 0.917. The van der Waals surface area contributed by atoms with Gasteiger partial charge in [-0.15, -0.1) is 0 Å². The van der Waals surface area contributed by atoms with Gasteiger partial charge in [0.1, 0.15) is 5.82 Å². The second-order valence-electron chi connectivity index (χ2n) is 8.64. The Morgan fingerprint density at radius 1 is 1.12 bits per heavy atom. The van der Waals surface area contributed by atoms with Gasteiger partial charge < -0.3 is 20.5 Å². The molecule has 1 amide bonds. The van der Waals surface area contributed by atoms with Gasteiger partial charge in [-0.2, -0.15) is 0 Å². The molecule has 0 atom stereocenters. The number of pyridine rings is 2. The first-order valence-corrected chi connectivity index (χ1v) is 11.4. The Labute approximate surface area is 193 Å². The van der Waals surface area contributed by atoms with E-state index in [1.54, 1.807) is 30.7 Å². The maximum atomic E-state index is 13.1. The van der Waals surface area contributed by atoms with Crippen LogP contribution in [0.1, 0.15) is 40.2 Å². The number of carbonyl (C=O) groups excluding carboxylic acids is 1. The Balaban J connectivity index is 1.34. The number of amides is 1. The molecule has 7 heteroatoms. The summed E-state index contributed by atoms with van der Waals surface area (Å²) in [6, 6.07) is 13.5. The second-order valence-corrected chi connectivity index (χ2v) is 8.64. The van der Waals surface area contributed by atoms with Gasteiger partial charge in [-0.25, -0.2) is 4.98 Å². The fourth-order valence-electron chi connectivity index (χ4n) is 4.49. The number of piperidine rings is 1. The molecule has 168 valence electrons. The number of likely N-dealkylation sites (tertiary alicyclic amines) is 1. The van der Waals surface area contributed by atoms with Crippen LogP contribution in [0.5, 0.6) is 0 Å². The number of nitrogens with zero attached hydrogens (tertiary/aromatic N) is 3. The Kier molecular flexibility index (Phi) is 6.04. The number of H-pyrrole nitrogens is 1. The summed E-state index contributed by atoms with van der Waals surface area (Å²) in [4.78, 5) is 27.3. The van der Waals surface area contributed by atoms with Gasteiger partial charge >= 0.3 is 0 Å². The molecule has 33 heavy (non-hydrogen) atoms. The summed E-state index contributed by atoms with van der Waals surface area (Å²) >= 11 is 0. The average Bonchev–Trinajstić information content (AvgIpc) is 3.27. The van der Waals surface area contributed by atoms with Crippen LogP contribution in [0.25, 0.3) is 10.9 Å². The Morgan fingerprint density at radius 2 is 1.94 bits per heavy atom. The van der Waals surface area contributed by atoms with Crippen LogP contribution < -0.4 is 10.6 Å². The quantitative estimate of drug-likeness (QED) is 0.407. The molecule has 0 spiro atoms. The molecule has 0 aliphatic carbocycles. The fourth-order valence-corrected chi connectivity index (χ4v) is 4.49. The minimum atomic E-state index is -0.184. The number of aromatic amines is 1. The van der Waals surface area contributed by atoms with Gasteiger partial charge in [0, 0.05) is 47.9 Å². The van der Waals surface area contributed by atoms with Gasteiger partial charge in [-0.3, -0.25) is 9.78 Å². The molecule has 0 saturated carbocycles. The van der Waals surface area contributed by atoms with Crippen molar-refractivity contribution in [3.05, 3.63) is 83.9 Å². The molecule has 1 fully saturated rings. The minimum Gasteiger partial charge on any atom is -0.365 e. The molecule has 1 aliphatic rings. The van der Waals surface area contributed by atoms with Crippen molar-refractivity contribution >= 4 is 28.3 Å². The van der Waals surface area contributed by atoms with Gasteiger partial charge in [0.05, 0.1) is 5.56 Å². The number of hydrogen-bond donors (Lipinski definition) is 3. The third kappa shape index (κ3) is 4.73. The number of anilines is 2. The smallest absolute Gasteiger partial charge is 0.259 e. The van der Waals surface area contributed by atoms with Crippen LogP contribution in [-0.2, 0) is 6.54 Å². The first-order chi connectivity index (χ1) is 16.2. The Bertz CT molecular complexity index is 1240. The lowest BCUT2D eigenvalue weighted by molar-refractivity contribution is 0.102. The van der Waals surface area contributed by atoms with Crippen molar-refractivity contribution < 1.29 is 4.79 Å². The molecular weight excluding hydrogens is 412 g/mol. The third-order valence-electron chi connectivity index (χ3n) is 6.39. The van der Waals surface area contributed by atoms with E-state index in [-0.39, 0.29) is 5.91 Å². The highest BCUT2D eigenvalue weighted by molar-refractivity contribution is 6.08. The van der Waals surface area contributed by atoms with Gasteiger partial charge in [0.25, 0.3) is 5.91 Å². The van der Waals surface area contributed by atoms with Crippen LogP contribution in [0.2, 0.25) is 0 Å². The molecule has 1 aliphatic heterocycles. The van der Waals surface area contributed by atoms with E-state index in [9.17, 15) is 4.79 Å². The molecule has 0 radical (unpaired) electrons. The molecule has 1 aromatic carbocycles. The monoisotopic (exact) mass is 440 g/mol. The van der Waals surface area contributed by atoms with Crippen molar-refractivity contribution in [1.82, 2.24) is 19.9 Å². The van der Waals surface area contributed by atoms with Crippen molar-refractivity contribution in [3.63, 3.8) is 0 Å². The number of aromatic nitrogens is 3. The Hall–Kier alpha value is -3.71. The molecule has 0 bridgehead atoms. The lowest BCUT2D eigenvalue weighted by Crippen LogP contribution is -2.29. The van der Waals surface area contributed by atoms with E-state index in [4.69, 9.17) is 0 Å². The average molecular weight is 441 g/mol. The maximum Gasteiger partial charge on any atom is 0.259 e. The molecule has 3 N–H and O–H groups in total. The highest BCUT2D eigenvalue weighted by atomic mass is 16.1. The second kappa shape index (κ2) is 9.42. The van der Waals surface area contributed by atoms with Crippen molar-refractivity contribution in [2.75, 3.05) is 30.8 Å². The zero-order valence-corrected chi connectivity index (χ0v) is 18.7. The lowest BCUT2D eigenvalue weighted by Gasteiger charge is -2.28. The number of nitrogens with one attached hydrogen (secondary N) is 3. The topological polar surface area (TPSA) is 85.9 Å². The predicted molar refractivity (Wildman–Crippen MR) is 132 cm³/mol. The fraction of sp³-hybridized carbons (Fsp3) is 0.269. The lowest BCUT2D eigenvalue weighted by atomic mass is 9.89. The highest BCUT2D eigenvalue weighted by Crippen LogP contribution is 2.34. The van der Waals surface area contributed by atoms with E-state index < -0.39 is 0 Å². The molecule has 7 nitrogen and oxygen atoms in total. The van der Waals surface area contributed by atoms with Crippen LogP contribution in [0.15, 0.2) is 67.3 Å². The minimum absolute atomic E-state index is 0.184. The van der Waals surface area contributed by atoms with Gasteiger partial charge in [0.2, 0.25) is 0 Å². The number of fused-ring (bicyclic) bond motifs is 1. The highest BCUT2D eigenvalue weighted by Gasteiger charge is 2.21. The number of rotatable bonds is 6. The molecule has 5 rings (SSSR count). The SMILES string of the molecule is CN1CCC(c2c[nH]c3ccc(NC(=O)c4cccnc4NCc4ccncc4)cc23)CC1. The molecular formula is C26H28N6O. The molecule has 4 aromatic rings. The largest absolute Gasteiger partial charge is 0.365 e. The predicted octanol–water partition coefficient (Wildman–Crippen LogP) is 4.63. The molecule has 4 heterocycles. The Morgan fingerprint density at radius 3 is 2.76 bits per heavy atom.